The summed E-state index contributed by atoms with van der Waals surface area (Å²) in [6, 6.07) is 1.27. The standard InChI is InChI=1S/C5H9NO2P/c1-5(2)6-9(3-7)4-8/h3-5H,1-2H3/q+1. The molecule has 0 atom stereocenters. The van der Waals surface area contributed by atoms with Gasteiger partial charge >= 0.3 is 19.8 Å². The molecule has 0 spiro atoms. The fraction of sp³-hybridized carbons (Fsp3) is 0.600. The van der Waals surface area contributed by atoms with E-state index in [2.05, 4.69) is 4.74 Å². The largest absolute Gasteiger partial charge is 0.347 e. The van der Waals surface area contributed by atoms with Gasteiger partial charge in [-0.3, -0.25) is 0 Å². The van der Waals surface area contributed by atoms with Gasteiger partial charge in [0, 0.05) is 0 Å². The van der Waals surface area contributed by atoms with Crippen molar-refractivity contribution < 1.29 is 9.59 Å². The van der Waals surface area contributed by atoms with Crippen LogP contribution in [0.1, 0.15) is 13.8 Å². The van der Waals surface area contributed by atoms with Crippen molar-refractivity contribution in [3.63, 3.8) is 0 Å². The van der Waals surface area contributed by atoms with Crippen molar-refractivity contribution in [3.05, 3.63) is 0 Å². The second-order valence-corrected chi connectivity index (χ2v) is 3.21. The van der Waals surface area contributed by atoms with Crippen molar-refractivity contribution in [2.75, 3.05) is 0 Å². The third-order valence-corrected chi connectivity index (χ3v) is 1.74. The highest BCUT2D eigenvalue weighted by Crippen LogP contribution is 2.16. The molecule has 0 rings (SSSR count). The Kier molecular flexibility index (Phi) is 4.06. The molecule has 0 amide bonds. The molecule has 0 aliphatic rings. The molecule has 0 heterocycles. The lowest BCUT2D eigenvalue weighted by Crippen LogP contribution is -1.84. The van der Waals surface area contributed by atoms with Crippen molar-refractivity contribution in [1.82, 2.24) is 0 Å². The Bertz CT molecular complexity index is 132. The Morgan fingerprint density at radius 3 is 1.89 bits per heavy atom. The molecule has 0 aliphatic heterocycles. The Balaban J connectivity index is 4.06. The van der Waals surface area contributed by atoms with Gasteiger partial charge in [-0.25, -0.2) is 9.59 Å². The first-order valence-electron chi connectivity index (χ1n) is 2.60. The summed E-state index contributed by atoms with van der Waals surface area (Å²) in [5.41, 5.74) is 0. The number of nitrogens with zero attached hydrogens (tertiary/aromatic N) is 1. The van der Waals surface area contributed by atoms with Crippen LogP contribution in [0, 0.1) is 0 Å². The van der Waals surface area contributed by atoms with Crippen molar-refractivity contribution in [2.45, 2.75) is 19.9 Å². The van der Waals surface area contributed by atoms with E-state index in [4.69, 9.17) is 0 Å². The summed E-state index contributed by atoms with van der Waals surface area (Å²) < 4.78 is 3.84. The first-order valence-corrected chi connectivity index (χ1v) is 4.03. The minimum Gasteiger partial charge on any atom is -0.245 e. The Morgan fingerprint density at radius 2 is 1.78 bits per heavy atom. The summed E-state index contributed by atoms with van der Waals surface area (Å²) in [4.78, 5) is 20.0. The normalized spacial score (nSPS) is 8.78. The second-order valence-electron chi connectivity index (χ2n) is 1.80. The number of carbonyl (C=O) groups is 2. The van der Waals surface area contributed by atoms with E-state index in [9.17, 15) is 9.59 Å². The van der Waals surface area contributed by atoms with Crippen molar-refractivity contribution in [2.24, 2.45) is 4.74 Å². The van der Waals surface area contributed by atoms with Crippen LogP contribution in [0.4, 0.5) is 0 Å². The third-order valence-electron chi connectivity index (χ3n) is 0.580. The van der Waals surface area contributed by atoms with Gasteiger partial charge in [-0.2, -0.15) is 0 Å². The van der Waals surface area contributed by atoms with E-state index in [1.54, 1.807) is 0 Å². The molecule has 0 aromatic rings. The average molecular weight is 146 g/mol. The maximum atomic E-state index is 9.98. The molecule has 0 fully saturated rings. The number of hydrogen-bond donors (Lipinski definition) is 0. The minimum absolute atomic E-state index is 0.0755. The molecule has 0 N–H and O–H groups in total. The summed E-state index contributed by atoms with van der Waals surface area (Å²) in [5.74, 6) is 0. The van der Waals surface area contributed by atoms with Gasteiger partial charge in [0.15, 0.2) is 0 Å². The van der Waals surface area contributed by atoms with Crippen LogP contribution >= 0.6 is 7.71 Å². The lowest BCUT2D eigenvalue weighted by molar-refractivity contribution is 0.565. The van der Waals surface area contributed by atoms with Crippen LogP contribution in [0.15, 0.2) is 4.74 Å². The van der Waals surface area contributed by atoms with Crippen LogP contribution in [0.2, 0.25) is 0 Å². The van der Waals surface area contributed by atoms with Gasteiger partial charge < -0.3 is 0 Å². The first kappa shape index (κ1) is 8.44. The molecule has 3 nitrogen and oxygen atoms in total. The summed E-state index contributed by atoms with van der Waals surface area (Å²) in [6.45, 7) is 3.67. The molecular formula is C5H9NO2P+. The molecule has 0 aromatic carbocycles. The van der Waals surface area contributed by atoms with Gasteiger partial charge in [0.1, 0.15) is 0 Å². The lowest BCUT2D eigenvalue weighted by Gasteiger charge is -1.82. The summed E-state index contributed by atoms with van der Waals surface area (Å²) >= 11 is 0. The number of hydrogen-bond acceptors (Lipinski definition) is 3. The molecule has 0 saturated heterocycles. The summed E-state index contributed by atoms with van der Waals surface area (Å²) in [5, 5.41) is 0. The minimum atomic E-state index is -1.33. The van der Waals surface area contributed by atoms with E-state index in [0.29, 0.717) is 12.1 Å². The van der Waals surface area contributed by atoms with E-state index in [0.717, 1.165) is 0 Å². The third kappa shape index (κ3) is 3.98. The van der Waals surface area contributed by atoms with E-state index in [-0.39, 0.29) is 6.04 Å². The SMILES string of the molecule is CC(C)N=[P+](C=O)C=O. The highest BCUT2D eigenvalue weighted by atomic mass is 31.1. The fourth-order valence-corrected chi connectivity index (χ4v) is 1.04. The monoisotopic (exact) mass is 146 g/mol. The molecule has 0 saturated carbocycles. The molecule has 0 radical (unpaired) electrons. The quantitative estimate of drug-likeness (QED) is 0.446. The zero-order valence-electron chi connectivity index (χ0n) is 5.44. The average Bonchev–Trinajstić information content (AvgIpc) is 1.82. The van der Waals surface area contributed by atoms with Crippen LogP contribution in [0.5, 0.6) is 0 Å². The van der Waals surface area contributed by atoms with E-state index in [1.807, 2.05) is 13.8 Å². The number of carbonyl (C=O) groups excluding carboxylic acids is 2. The molecule has 9 heavy (non-hydrogen) atoms. The van der Waals surface area contributed by atoms with Crippen LogP contribution in [-0.4, -0.2) is 18.1 Å². The van der Waals surface area contributed by atoms with E-state index in [1.165, 1.54) is 0 Å². The Hall–Kier alpha value is -0.560. The van der Waals surface area contributed by atoms with Crippen LogP contribution in [-0.2, 0) is 9.59 Å². The summed E-state index contributed by atoms with van der Waals surface area (Å²) in [6.07, 6.45) is 0. The zero-order valence-corrected chi connectivity index (χ0v) is 6.34. The van der Waals surface area contributed by atoms with Crippen molar-refractivity contribution >= 4 is 19.8 Å². The van der Waals surface area contributed by atoms with Crippen molar-refractivity contribution in [3.8, 4) is 0 Å². The van der Waals surface area contributed by atoms with Crippen LogP contribution in [0.3, 0.4) is 0 Å². The maximum Gasteiger partial charge on any atom is 0.347 e. The van der Waals surface area contributed by atoms with Crippen molar-refractivity contribution in [1.29, 1.82) is 0 Å². The number of rotatable bonds is 3. The molecular weight excluding hydrogens is 137 g/mol. The van der Waals surface area contributed by atoms with Gasteiger partial charge in [0.2, 0.25) is 0 Å². The fourth-order valence-electron chi connectivity index (χ4n) is 0.346. The smallest absolute Gasteiger partial charge is 0.245 e. The predicted molar refractivity (Wildman–Crippen MR) is 38.0 cm³/mol. The zero-order chi connectivity index (χ0) is 7.28. The molecule has 50 valence electrons. The summed E-state index contributed by atoms with van der Waals surface area (Å²) in [7, 11) is -1.33. The van der Waals surface area contributed by atoms with E-state index >= 15 is 0 Å². The Labute approximate surface area is 54.9 Å². The van der Waals surface area contributed by atoms with Gasteiger partial charge in [-0.05, 0) is 13.8 Å². The van der Waals surface area contributed by atoms with Gasteiger partial charge in [0.25, 0.3) is 0 Å². The molecule has 0 bridgehead atoms. The van der Waals surface area contributed by atoms with Gasteiger partial charge in [-0.1, -0.05) is 4.74 Å². The van der Waals surface area contributed by atoms with E-state index < -0.39 is 7.71 Å². The van der Waals surface area contributed by atoms with Gasteiger partial charge in [0.05, 0.1) is 6.04 Å². The molecule has 0 aromatic heterocycles. The van der Waals surface area contributed by atoms with Gasteiger partial charge in [-0.15, -0.1) is 0 Å². The Morgan fingerprint density at radius 1 is 1.33 bits per heavy atom. The van der Waals surface area contributed by atoms with Crippen LogP contribution in [0.25, 0.3) is 0 Å². The lowest BCUT2D eigenvalue weighted by atomic mass is 10.4. The molecule has 0 aliphatic carbocycles. The highest BCUT2D eigenvalue weighted by molar-refractivity contribution is 7.76. The highest BCUT2D eigenvalue weighted by Gasteiger charge is 2.08. The second kappa shape index (κ2) is 4.33. The predicted octanol–water partition coefficient (Wildman–Crippen LogP) is 1.44. The topological polar surface area (TPSA) is 46.5 Å². The molecule has 4 heteroatoms. The molecule has 0 unspecified atom stereocenters. The maximum absolute atomic E-state index is 9.98. The van der Waals surface area contributed by atoms with Crippen LogP contribution < -0.4 is 0 Å². The first-order chi connectivity index (χ1) is 4.20.